The van der Waals surface area contributed by atoms with Gasteiger partial charge in [0.2, 0.25) is 0 Å². The molecular formula is C17H26N8O2. The number of nitrogens with zero attached hydrogens (tertiary/aromatic N) is 8. The Hall–Kier alpha value is -2.01. The van der Waals surface area contributed by atoms with Gasteiger partial charge in [-0.15, -0.1) is 5.10 Å². The molecule has 0 spiro atoms. The molecular weight excluding hydrogens is 348 g/mol. The van der Waals surface area contributed by atoms with E-state index in [0.29, 0.717) is 6.54 Å². The van der Waals surface area contributed by atoms with Gasteiger partial charge in [-0.05, 0) is 23.3 Å². The summed E-state index contributed by atoms with van der Waals surface area (Å²) in [6.45, 7) is 5.87. The first-order valence-corrected chi connectivity index (χ1v) is 9.53. The molecule has 0 amide bonds. The first-order valence-electron chi connectivity index (χ1n) is 9.53. The molecule has 0 saturated carbocycles. The Kier molecular flexibility index (Phi) is 5.97. The monoisotopic (exact) mass is 374 g/mol. The van der Waals surface area contributed by atoms with Gasteiger partial charge < -0.3 is 9.84 Å². The Morgan fingerprint density at radius 3 is 2.81 bits per heavy atom. The Morgan fingerprint density at radius 1 is 1.15 bits per heavy atom. The zero-order valence-corrected chi connectivity index (χ0v) is 15.4. The maximum atomic E-state index is 9.82. The summed E-state index contributed by atoms with van der Waals surface area (Å²) in [5, 5.41) is 22.3. The third-order valence-electron chi connectivity index (χ3n) is 5.40. The molecule has 0 radical (unpaired) electrons. The number of likely N-dealkylation sites (tertiary alicyclic amines) is 1. The van der Waals surface area contributed by atoms with Crippen molar-refractivity contribution in [2.45, 2.75) is 38.0 Å². The molecule has 2 aromatic heterocycles. The Morgan fingerprint density at radius 2 is 2.04 bits per heavy atom. The van der Waals surface area contributed by atoms with Crippen molar-refractivity contribution in [1.82, 2.24) is 40.0 Å². The Balaban J connectivity index is 1.47. The van der Waals surface area contributed by atoms with Crippen molar-refractivity contribution in [2.75, 3.05) is 39.5 Å². The highest BCUT2D eigenvalue weighted by molar-refractivity contribution is 5.04. The fraction of sp³-hybridized carbons (Fsp3) is 0.706. The average Bonchev–Trinajstić information content (AvgIpc) is 3.34. The van der Waals surface area contributed by atoms with Crippen LogP contribution in [0.2, 0.25) is 0 Å². The van der Waals surface area contributed by atoms with Gasteiger partial charge in [0.15, 0.2) is 5.82 Å². The molecule has 146 valence electrons. The number of aliphatic hydroxyl groups is 1. The standard InChI is InChI=1S/C17H26N8O2/c26-13-15-1-2-16(24(15)12-14-11-18-3-4-19-14)17-20-21-22-25(17)6-5-23-7-9-27-10-8-23/h3-4,11,15-16,26H,1-2,5-10,12-13H2/t15-,16-/m0/s1. The van der Waals surface area contributed by atoms with Crippen LogP contribution in [0.25, 0.3) is 0 Å². The number of hydrogen-bond donors (Lipinski definition) is 1. The smallest absolute Gasteiger partial charge is 0.168 e. The van der Waals surface area contributed by atoms with Crippen molar-refractivity contribution in [3.05, 3.63) is 30.1 Å². The number of rotatable bonds is 7. The van der Waals surface area contributed by atoms with Gasteiger partial charge in [0.05, 0.1) is 38.1 Å². The lowest BCUT2D eigenvalue weighted by Crippen LogP contribution is -2.39. The quantitative estimate of drug-likeness (QED) is 0.686. The van der Waals surface area contributed by atoms with Crippen LogP contribution in [0.1, 0.15) is 30.4 Å². The molecule has 0 aliphatic carbocycles. The summed E-state index contributed by atoms with van der Waals surface area (Å²) in [5.74, 6) is 0.864. The highest BCUT2D eigenvalue weighted by atomic mass is 16.5. The van der Waals surface area contributed by atoms with Crippen LogP contribution in [0, 0.1) is 0 Å². The second-order valence-electron chi connectivity index (χ2n) is 7.01. The van der Waals surface area contributed by atoms with Crippen LogP contribution in [-0.4, -0.2) is 90.6 Å². The maximum Gasteiger partial charge on any atom is 0.168 e. The molecule has 2 atom stereocenters. The minimum atomic E-state index is 0.0730. The van der Waals surface area contributed by atoms with E-state index in [0.717, 1.165) is 63.8 Å². The first kappa shape index (κ1) is 18.4. The number of hydrogen-bond acceptors (Lipinski definition) is 9. The number of aliphatic hydroxyl groups excluding tert-OH is 1. The molecule has 27 heavy (non-hydrogen) atoms. The van der Waals surface area contributed by atoms with Crippen LogP contribution >= 0.6 is 0 Å². The fourth-order valence-corrected chi connectivity index (χ4v) is 3.92. The van der Waals surface area contributed by atoms with Crippen molar-refractivity contribution in [3.63, 3.8) is 0 Å². The predicted molar refractivity (Wildman–Crippen MR) is 95.5 cm³/mol. The van der Waals surface area contributed by atoms with Gasteiger partial charge in [-0.2, -0.15) is 0 Å². The zero-order valence-electron chi connectivity index (χ0n) is 15.4. The van der Waals surface area contributed by atoms with Crippen molar-refractivity contribution in [1.29, 1.82) is 0 Å². The van der Waals surface area contributed by atoms with Gasteiger partial charge in [-0.1, -0.05) is 0 Å². The van der Waals surface area contributed by atoms with E-state index < -0.39 is 0 Å². The van der Waals surface area contributed by atoms with Crippen molar-refractivity contribution in [3.8, 4) is 0 Å². The number of morpholine rings is 1. The molecule has 2 aromatic rings. The molecule has 2 aliphatic heterocycles. The Labute approximate surface area is 158 Å². The minimum Gasteiger partial charge on any atom is -0.395 e. The molecule has 0 bridgehead atoms. The van der Waals surface area contributed by atoms with Crippen LogP contribution in [0.3, 0.4) is 0 Å². The van der Waals surface area contributed by atoms with Gasteiger partial charge in [0.25, 0.3) is 0 Å². The van der Waals surface area contributed by atoms with E-state index in [2.05, 4.69) is 35.3 Å². The summed E-state index contributed by atoms with van der Waals surface area (Å²) in [4.78, 5) is 13.2. The molecule has 10 nitrogen and oxygen atoms in total. The van der Waals surface area contributed by atoms with Crippen LogP contribution in [0.4, 0.5) is 0 Å². The number of aromatic nitrogens is 6. The van der Waals surface area contributed by atoms with Crippen LogP contribution in [-0.2, 0) is 17.8 Å². The molecule has 0 unspecified atom stereocenters. The van der Waals surface area contributed by atoms with E-state index in [4.69, 9.17) is 4.74 Å². The molecule has 4 rings (SSSR count). The highest BCUT2D eigenvalue weighted by Gasteiger charge is 2.37. The van der Waals surface area contributed by atoms with Gasteiger partial charge in [0, 0.05) is 50.8 Å². The van der Waals surface area contributed by atoms with Gasteiger partial charge >= 0.3 is 0 Å². The van der Waals surface area contributed by atoms with Gasteiger partial charge in [-0.25, -0.2) is 4.68 Å². The van der Waals surface area contributed by atoms with Crippen molar-refractivity contribution >= 4 is 0 Å². The Bertz CT molecular complexity index is 706. The maximum absolute atomic E-state index is 9.82. The summed E-state index contributed by atoms with van der Waals surface area (Å²) in [5.41, 5.74) is 0.884. The largest absolute Gasteiger partial charge is 0.395 e. The van der Waals surface area contributed by atoms with E-state index >= 15 is 0 Å². The van der Waals surface area contributed by atoms with Crippen LogP contribution in [0.15, 0.2) is 18.6 Å². The van der Waals surface area contributed by atoms with Crippen molar-refractivity contribution < 1.29 is 9.84 Å². The summed E-state index contributed by atoms with van der Waals surface area (Å²) in [6.07, 6.45) is 6.97. The SMILES string of the molecule is OC[C@@H]1CC[C@@H](c2nnnn2CCN2CCOCC2)N1Cc1cnccn1. The second-order valence-corrected chi connectivity index (χ2v) is 7.01. The lowest BCUT2D eigenvalue weighted by molar-refractivity contribution is 0.0355. The first-order chi connectivity index (χ1) is 13.3. The van der Waals surface area contributed by atoms with E-state index in [1.165, 1.54) is 0 Å². The molecule has 2 saturated heterocycles. The summed E-state index contributed by atoms with van der Waals surface area (Å²) < 4.78 is 7.31. The third-order valence-corrected chi connectivity index (χ3v) is 5.40. The molecule has 10 heteroatoms. The van der Waals surface area contributed by atoms with Gasteiger partial charge in [-0.3, -0.25) is 19.8 Å². The number of ether oxygens (including phenoxy) is 1. The zero-order chi connectivity index (χ0) is 18.5. The molecule has 0 aromatic carbocycles. The summed E-state index contributed by atoms with van der Waals surface area (Å²) >= 11 is 0. The number of tetrazole rings is 1. The highest BCUT2D eigenvalue weighted by Crippen LogP contribution is 2.35. The van der Waals surface area contributed by atoms with E-state index in [1.54, 1.807) is 18.6 Å². The molecule has 2 fully saturated rings. The summed E-state index contributed by atoms with van der Waals surface area (Å²) in [7, 11) is 0. The lowest BCUT2D eigenvalue weighted by atomic mass is 10.2. The second kappa shape index (κ2) is 8.79. The topological polar surface area (TPSA) is 105 Å². The third kappa shape index (κ3) is 4.29. The lowest BCUT2D eigenvalue weighted by Gasteiger charge is -2.29. The molecule has 1 N–H and O–H groups in total. The van der Waals surface area contributed by atoms with E-state index in [1.807, 2.05) is 4.68 Å². The molecule has 4 heterocycles. The normalized spacial score (nSPS) is 24.5. The van der Waals surface area contributed by atoms with E-state index in [-0.39, 0.29) is 18.7 Å². The fourth-order valence-electron chi connectivity index (χ4n) is 3.92. The minimum absolute atomic E-state index is 0.0730. The average molecular weight is 374 g/mol. The van der Waals surface area contributed by atoms with E-state index in [9.17, 15) is 5.11 Å². The summed E-state index contributed by atoms with van der Waals surface area (Å²) in [6, 6.07) is 0.158. The van der Waals surface area contributed by atoms with Crippen LogP contribution < -0.4 is 0 Å². The van der Waals surface area contributed by atoms with Gasteiger partial charge in [0.1, 0.15) is 0 Å². The predicted octanol–water partition coefficient (Wildman–Crippen LogP) is -0.507. The molecule has 2 aliphatic rings. The van der Waals surface area contributed by atoms with Crippen LogP contribution in [0.5, 0.6) is 0 Å². The van der Waals surface area contributed by atoms with Crippen molar-refractivity contribution in [2.24, 2.45) is 0 Å².